The van der Waals surface area contributed by atoms with E-state index >= 15 is 0 Å². The van der Waals surface area contributed by atoms with Crippen molar-refractivity contribution in [1.82, 2.24) is 9.78 Å². The van der Waals surface area contributed by atoms with Crippen molar-refractivity contribution in [3.63, 3.8) is 0 Å². The van der Waals surface area contributed by atoms with Gasteiger partial charge in [-0.25, -0.2) is 17.7 Å². The zero-order valence-electron chi connectivity index (χ0n) is 14.6. The third kappa shape index (κ3) is 2.06. The number of nitrogens with zero attached hydrogens (tertiary/aromatic N) is 3. The zero-order chi connectivity index (χ0) is 19.2. The van der Waals surface area contributed by atoms with Gasteiger partial charge in [0.25, 0.3) is 0 Å². The number of rotatable bonds is 1. The molecule has 6 rings (SSSR count). The lowest BCUT2D eigenvalue weighted by Crippen LogP contribution is -2.66. The number of aromatic nitrogens is 3. The third-order valence-electron chi connectivity index (χ3n) is 6.78. The van der Waals surface area contributed by atoms with Crippen LogP contribution in [-0.4, -0.2) is 15.9 Å². The number of hydrogen-bond acceptors (Lipinski definition) is 2. The van der Waals surface area contributed by atoms with Gasteiger partial charge < -0.3 is 4.74 Å². The number of halogens is 5. The summed E-state index contributed by atoms with van der Waals surface area (Å²) in [5.74, 6) is -8.69. The number of benzene rings is 1. The molecule has 3 fully saturated rings. The summed E-state index contributed by atoms with van der Waals surface area (Å²) in [5, 5.41) is 4.04. The van der Waals surface area contributed by atoms with Gasteiger partial charge in [-0.15, -0.1) is 0 Å². The van der Waals surface area contributed by atoms with Crippen LogP contribution in [0.1, 0.15) is 38.6 Å². The minimum atomic E-state index is -2.18. The third-order valence-corrected chi connectivity index (χ3v) is 6.78. The minimum absolute atomic E-state index is 0.0449. The van der Waals surface area contributed by atoms with E-state index in [-0.39, 0.29) is 24.2 Å². The van der Waals surface area contributed by atoms with E-state index in [1.165, 1.54) is 6.33 Å². The Balaban J connectivity index is 1.59. The Labute approximate surface area is 151 Å². The Morgan fingerprint density at radius 2 is 1.67 bits per heavy atom. The molecule has 4 nitrogen and oxygen atoms in total. The maximum absolute atomic E-state index is 14.1. The minimum Gasteiger partial charge on any atom is -0.363 e. The van der Waals surface area contributed by atoms with E-state index in [0.717, 1.165) is 17.5 Å². The number of hydrogen-bond donors (Lipinski definition) is 0. The van der Waals surface area contributed by atoms with E-state index in [0.29, 0.717) is 17.7 Å². The van der Waals surface area contributed by atoms with Crippen LogP contribution in [-0.2, 0) is 11.3 Å². The average molecular weight is 386 g/mol. The Morgan fingerprint density at radius 1 is 1.04 bits per heavy atom. The summed E-state index contributed by atoms with van der Waals surface area (Å²) in [6, 6.07) is -0.0551. The molecule has 1 aromatic heterocycles. The molecule has 2 aromatic rings. The van der Waals surface area contributed by atoms with Crippen LogP contribution in [0, 0.1) is 46.3 Å². The molecule has 4 atom stereocenters. The number of ether oxygens (including phenoxy) is 1. The summed E-state index contributed by atoms with van der Waals surface area (Å²) < 4.78 is 77.1. The van der Waals surface area contributed by atoms with Gasteiger partial charge in [-0.05, 0) is 30.1 Å². The summed E-state index contributed by atoms with van der Waals surface area (Å²) in [6.07, 6.45) is 3.17. The molecule has 4 aliphatic rings. The van der Waals surface area contributed by atoms with E-state index < -0.39 is 34.8 Å². The van der Waals surface area contributed by atoms with Crippen LogP contribution in [0.15, 0.2) is 6.33 Å². The van der Waals surface area contributed by atoms with E-state index in [1.807, 2.05) is 0 Å². The largest absolute Gasteiger partial charge is 0.363 e. The highest BCUT2D eigenvalue weighted by Gasteiger charge is 2.61. The van der Waals surface area contributed by atoms with Gasteiger partial charge in [0, 0.05) is 5.10 Å². The van der Waals surface area contributed by atoms with Crippen LogP contribution in [0.4, 0.5) is 22.0 Å². The SMILES string of the molecule is CC1(C)[C@H]2C[C@@H]3[C@@H](OCc4nn(-c5c(F)c(F)c(F)c(F)c5F)c[n+]43)[C@@H]1C2. The summed E-state index contributed by atoms with van der Waals surface area (Å²) >= 11 is 0. The van der Waals surface area contributed by atoms with Crippen molar-refractivity contribution in [2.24, 2.45) is 17.3 Å². The Kier molecular flexibility index (Phi) is 3.34. The first-order valence-electron chi connectivity index (χ1n) is 8.85. The van der Waals surface area contributed by atoms with E-state index in [1.54, 1.807) is 4.57 Å². The normalized spacial score (nSPS) is 30.5. The molecule has 0 N–H and O–H groups in total. The van der Waals surface area contributed by atoms with Gasteiger partial charge in [0.2, 0.25) is 41.1 Å². The van der Waals surface area contributed by atoms with E-state index in [2.05, 4.69) is 18.9 Å². The molecule has 2 bridgehead atoms. The van der Waals surface area contributed by atoms with E-state index in [4.69, 9.17) is 4.74 Å². The van der Waals surface area contributed by atoms with Crippen molar-refractivity contribution in [2.75, 3.05) is 0 Å². The molecular formula is C18H17F5N3O+. The second-order valence-corrected chi connectivity index (χ2v) is 8.24. The van der Waals surface area contributed by atoms with Crippen LogP contribution in [0.5, 0.6) is 0 Å². The average Bonchev–Trinajstić information content (AvgIpc) is 3.08. The van der Waals surface area contributed by atoms with Crippen LogP contribution in [0.25, 0.3) is 5.69 Å². The molecule has 1 aromatic carbocycles. The van der Waals surface area contributed by atoms with Crippen LogP contribution in [0.2, 0.25) is 0 Å². The van der Waals surface area contributed by atoms with Gasteiger partial charge in [-0.3, -0.25) is 0 Å². The predicted molar refractivity (Wildman–Crippen MR) is 81.2 cm³/mol. The van der Waals surface area contributed by atoms with Crippen molar-refractivity contribution in [3.8, 4) is 5.69 Å². The first-order valence-corrected chi connectivity index (χ1v) is 8.85. The molecule has 0 unspecified atom stereocenters. The van der Waals surface area contributed by atoms with Crippen molar-refractivity contribution >= 4 is 0 Å². The first-order chi connectivity index (χ1) is 12.7. The quantitative estimate of drug-likeness (QED) is 0.326. The molecule has 9 heteroatoms. The lowest BCUT2D eigenvalue weighted by atomic mass is 9.46. The standard InChI is InChI=1S/C18H17F5N3O/c1-18(2)7-3-8(18)17-9(4-7)25-6-26(24-10(25)5-27-17)16-14(22)12(20)11(19)13(21)15(16)23/h6-9,17H,3-5H2,1-2H3/q+1/t7-,8+,9-,17+/m1/s1. The highest BCUT2D eigenvalue weighted by Crippen LogP contribution is 2.62. The lowest BCUT2D eigenvalue weighted by Gasteiger charge is -2.61. The molecule has 0 radical (unpaired) electrons. The van der Waals surface area contributed by atoms with Crippen molar-refractivity contribution in [1.29, 1.82) is 0 Å². The Bertz CT molecular complexity index is 943. The fourth-order valence-electron chi connectivity index (χ4n) is 5.05. The molecule has 0 amide bonds. The van der Waals surface area contributed by atoms with Crippen molar-refractivity contribution in [2.45, 2.75) is 45.4 Å². The highest BCUT2D eigenvalue weighted by molar-refractivity contribution is 5.36. The van der Waals surface area contributed by atoms with Gasteiger partial charge in [-0.2, -0.15) is 8.78 Å². The van der Waals surface area contributed by atoms with Crippen LogP contribution >= 0.6 is 0 Å². The molecule has 3 saturated carbocycles. The first kappa shape index (κ1) is 17.1. The lowest BCUT2D eigenvalue weighted by molar-refractivity contribution is -0.759. The molecule has 144 valence electrons. The topological polar surface area (TPSA) is 30.9 Å². The molecule has 0 saturated heterocycles. The fraction of sp³-hybridized carbons (Fsp3) is 0.556. The summed E-state index contributed by atoms with van der Waals surface area (Å²) in [7, 11) is 0. The zero-order valence-corrected chi connectivity index (χ0v) is 14.6. The van der Waals surface area contributed by atoms with E-state index in [9.17, 15) is 22.0 Å². The van der Waals surface area contributed by atoms with Crippen LogP contribution < -0.4 is 4.57 Å². The highest BCUT2D eigenvalue weighted by atomic mass is 19.2. The summed E-state index contributed by atoms with van der Waals surface area (Å²) in [6.45, 7) is 4.55. The van der Waals surface area contributed by atoms with Gasteiger partial charge >= 0.3 is 5.82 Å². The fourth-order valence-corrected chi connectivity index (χ4v) is 5.05. The predicted octanol–water partition coefficient (Wildman–Crippen LogP) is 3.36. The monoisotopic (exact) mass is 386 g/mol. The second kappa shape index (κ2) is 5.27. The van der Waals surface area contributed by atoms with Crippen molar-refractivity contribution in [3.05, 3.63) is 41.2 Å². The van der Waals surface area contributed by atoms with Gasteiger partial charge in [0.05, 0.1) is 6.10 Å². The molecule has 1 aliphatic heterocycles. The maximum atomic E-state index is 14.1. The Morgan fingerprint density at radius 3 is 2.30 bits per heavy atom. The summed E-state index contributed by atoms with van der Waals surface area (Å²) in [4.78, 5) is 0. The molecule has 3 aliphatic carbocycles. The molecule has 27 heavy (non-hydrogen) atoms. The maximum Gasteiger partial charge on any atom is 0.304 e. The molecule has 2 heterocycles. The Hall–Kier alpha value is -2.03. The smallest absolute Gasteiger partial charge is 0.304 e. The van der Waals surface area contributed by atoms with Crippen molar-refractivity contribution < 1.29 is 31.3 Å². The van der Waals surface area contributed by atoms with Gasteiger partial charge in [0.1, 0.15) is 12.6 Å². The molecule has 0 spiro atoms. The van der Waals surface area contributed by atoms with Gasteiger partial charge in [-0.1, -0.05) is 18.5 Å². The van der Waals surface area contributed by atoms with Gasteiger partial charge in [0.15, 0.2) is 0 Å². The second-order valence-electron chi connectivity index (χ2n) is 8.24. The number of fused-ring (bicyclic) bond motifs is 1. The molecular weight excluding hydrogens is 369 g/mol. The summed E-state index contributed by atoms with van der Waals surface area (Å²) in [5.41, 5.74) is -0.900. The van der Waals surface area contributed by atoms with Crippen LogP contribution in [0.3, 0.4) is 0 Å².